The summed E-state index contributed by atoms with van der Waals surface area (Å²) in [6.45, 7) is 2.31. The summed E-state index contributed by atoms with van der Waals surface area (Å²) in [6, 6.07) is 15.4. The average Bonchev–Trinajstić information content (AvgIpc) is 3.10. The highest BCUT2D eigenvalue weighted by atomic mass is 16.5. The Hall–Kier alpha value is -2.17. The number of methoxy groups -OCH3 is 1. The number of carbonyl (C=O) groups is 1. The molecule has 4 nitrogen and oxygen atoms in total. The summed E-state index contributed by atoms with van der Waals surface area (Å²) in [5, 5.41) is 12.9. The van der Waals surface area contributed by atoms with E-state index in [4.69, 9.17) is 4.74 Å². The molecule has 0 saturated heterocycles. The quantitative estimate of drug-likeness (QED) is 0.822. The van der Waals surface area contributed by atoms with E-state index in [0.29, 0.717) is 12.2 Å². The first kappa shape index (κ1) is 18.6. The summed E-state index contributed by atoms with van der Waals surface area (Å²) in [6.07, 6.45) is 3.70. The fourth-order valence-corrected chi connectivity index (χ4v) is 3.74. The molecule has 3 rings (SSSR count). The van der Waals surface area contributed by atoms with Gasteiger partial charge in [0.15, 0.2) is 0 Å². The molecule has 2 aromatic rings. The van der Waals surface area contributed by atoms with Crippen LogP contribution in [0, 0.1) is 0 Å². The Balaban J connectivity index is 1.75. The zero-order valence-corrected chi connectivity index (χ0v) is 15.5. The number of aliphatic hydroxyl groups is 1. The maximum absolute atomic E-state index is 12.7. The lowest BCUT2D eigenvalue weighted by molar-refractivity contribution is 0.0767. The van der Waals surface area contributed by atoms with Crippen molar-refractivity contribution in [1.29, 1.82) is 0 Å². The van der Waals surface area contributed by atoms with Crippen molar-refractivity contribution in [2.75, 3.05) is 13.7 Å². The number of ether oxygens (including phenoxy) is 1. The van der Waals surface area contributed by atoms with Crippen molar-refractivity contribution in [2.45, 2.75) is 44.2 Å². The lowest BCUT2D eigenvalue weighted by Crippen LogP contribution is -2.49. The monoisotopic (exact) mass is 353 g/mol. The third kappa shape index (κ3) is 4.14. The molecule has 0 aromatic heterocycles. The van der Waals surface area contributed by atoms with Crippen LogP contribution < -0.4 is 5.32 Å². The largest absolute Gasteiger partial charge is 0.389 e. The summed E-state index contributed by atoms with van der Waals surface area (Å²) in [5.41, 5.74) is 3.37. The average molecular weight is 353 g/mol. The smallest absolute Gasteiger partial charge is 0.251 e. The van der Waals surface area contributed by atoms with E-state index in [2.05, 4.69) is 5.32 Å². The van der Waals surface area contributed by atoms with Crippen LogP contribution in [0.2, 0.25) is 0 Å². The maximum Gasteiger partial charge on any atom is 0.251 e. The molecule has 26 heavy (non-hydrogen) atoms. The van der Waals surface area contributed by atoms with Crippen LogP contribution in [0.25, 0.3) is 11.1 Å². The first-order chi connectivity index (χ1) is 12.5. The molecule has 1 fully saturated rings. The molecule has 0 heterocycles. The third-order valence-corrected chi connectivity index (χ3v) is 5.21. The first-order valence-electron chi connectivity index (χ1n) is 9.23. The highest BCUT2D eigenvalue weighted by Gasteiger charge is 2.35. The van der Waals surface area contributed by atoms with Gasteiger partial charge < -0.3 is 15.2 Å². The van der Waals surface area contributed by atoms with Crippen LogP contribution >= 0.6 is 0 Å². The number of carbonyl (C=O) groups excluding carboxylic acids is 1. The summed E-state index contributed by atoms with van der Waals surface area (Å²) in [7, 11) is 1.68. The fourth-order valence-electron chi connectivity index (χ4n) is 3.74. The molecular formula is C22H27NO3. The van der Waals surface area contributed by atoms with E-state index in [1.54, 1.807) is 14.0 Å². The summed E-state index contributed by atoms with van der Waals surface area (Å²) < 4.78 is 5.34. The lowest BCUT2D eigenvalue weighted by atomic mass is 9.97. The SMILES string of the molecule is COCC1(NC(=O)c2ccc(-c3cccc([C@H](C)O)c3)cc2)CCCC1. The molecule has 1 atom stereocenters. The van der Waals surface area contributed by atoms with Crippen LogP contribution in [-0.2, 0) is 4.74 Å². The van der Waals surface area contributed by atoms with Gasteiger partial charge in [0.25, 0.3) is 5.91 Å². The van der Waals surface area contributed by atoms with E-state index in [1.807, 2.05) is 48.5 Å². The van der Waals surface area contributed by atoms with Gasteiger partial charge in [0.1, 0.15) is 0 Å². The molecule has 2 N–H and O–H groups in total. The minimum atomic E-state index is -0.497. The molecule has 2 aromatic carbocycles. The van der Waals surface area contributed by atoms with E-state index >= 15 is 0 Å². The second-order valence-electron chi connectivity index (χ2n) is 7.25. The van der Waals surface area contributed by atoms with Gasteiger partial charge in [-0.05, 0) is 54.7 Å². The molecule has 0 aliphatic heterocycles. The van der Waals surface area contributed by atoms with Crippen LogP contribution in [0.1, 0.15) is 54.6 Å². The van der Waals surface area contributed by atoms with Gasteiger partial charge in [-0.15, -0.1) is 0 Å². The minimum Gasteiger partial charge on any atom is -0.389 e. The molecule has 138 valence electrons. The normalized spacial score (nSPS) is 17.0. The number of benzene rings is 2. The Bertz CT molecular complexity index is 746. The summed E-state index contributed by atoms with van der Waals surface area (Å²) in [5.74, 6) is -0.0479. The highest BCUT2D eigenvalue weighted by molar-refractivity contribution is 5.95. The van der Waals surface area contributed by atoms with Crippen LogP contribution in [-0.4, -0.2) is 30.3 Å². The van der Waals surface area contributed by atoms with Crippen molar-refractivity contribution in [3.8, 4) is 11.1 Å². The van der Waals surface area contributed by atoms with Crippen LogP contribution in [0.5, 0.6) is 0 Å². The maximum atomic E-state index is 12.7. The Morgan fingerprint density at radius 3 is 2.46 bits per heavy atom. The molecule has 0 bridgehead atoms. The van der Waals surface area contributed by atoms with Gasteiger partial charge in [0.05, 0.1) is 18.2 Å². The second kappa shape index (κ2) is 8.02. The zero-order chi connectivity index (χ0) is 18.6. The number of hydrogen-bond acceptors (Lipinski definition) is 3. The van der Waals surface area contributed by atoms with E-state index in [1.165, 1.54) is 0 Å². The topological polar surface area (TPSA) is 58.6 Å². The number of aliphatic hydroxyl groups excluding tert-OH is 1. The predicted octanol–water partition coefficient (Wildman–Crippen LogP) is 4.10. The van der Waals surface area contributed by atoms with Gasteiger partial charge in [0.2, 0.25) is 0 Å². The van der Waals surface area contributed by atoms with Crippen molar-refractivity contribution in [1.82, 2.24) is 5.32 Å². The molecule has 1 aliphatic rings. The zero-order valence-electron chi connectivity index (χ0n) is 15.5. The van der Waals surface area contributed by atoms with E-state index in [9.17, 15) is 9.90 Å². The number of rotatable bonds is 6. The van der Waals surface area contributed by atoms with Crippen molar-refractivity contribution >= 4 is 5.91 Å². The molecule has 1 amide bonds. The van der Waals surface area contributed by atoms with Gasteiger partial charge >= 0.3 is 0 Å². The highest BCUT2D eigenvalue weighted by Crippen LogP contribution is 2.30. The first-order valence-corrected chi connectivity index (χ1v) is 9.23. The third-order valence-electron chi connectivity index (χ3n) is 5.21. The molecular weight excluding hydrogens is 326 g/mol. The summed E-state index contributed by atoms with van der Waals surface area (Å²) in [4.78, 5) is 12.7. The molecule has 0 unspecified atom stereocenters. The fraction of sp³-hybridized carbons (Fsp3) is 0.409. The molecule has 4 heteroatoms. The van der Waals surface area contributed by atoms with Crippen molar-refractivity contribution in [3.63, 3.8) is 0 Å². The Morgan fingerprint density at radius 1 is 1.15 bits per heavy atom. The van der Waals surface area contributed by atoms with Gasteiger partial charge in [-0.3, -0.25) is 4.79 Å². The predicted molar refractivity (Wildman–Crippen MR) is 103 cm³/mol. The van der Waals surface area contributed by atoms with E-state index in [-0.39, 0.29) is 11.4 Å². The van der Waals surface area contributed by atoms with Gasteiger partial charge in [-0.2, -0.15) is 0 Å². The van der Waals surface area contributed by atoms with Crippen LogP contribution in [0.3, 0.4) is 0 Å². The van der Waals surface area contributed by atoms with Crippen LogP contribution in [0.4, 0.5) is 0 Å². The number of nitrogens with one attached hydrogen (secondary N) is 1. The minimum absolute atomic E-state index is 0.0479. The Kier molecular flexibility index (Phi) is 5.74. The lowest BCUT2D eigenvalue weighted by Gasteiger charge is -2.29. The van der Waals surface area contributed by atoms with E-state index in [0.717, 1.165) is 42.4 Å². The Labute approximate surface area is 155 Å². The van der Waals surface area contributed by atoms with Crippen molar-refractivity contribution < 1.29 is 14.6 Å². The molecule has 1 aliphatic carbocycles. The van der Waals surface area contributed by atoms with Gasteiger partial charge in [-0.25, -0.2) is 0 Å². The van der Waals surface area contributed by atoms with Gasteiger partial charge in [-0.1, -0.05) is 43.2 Å². The van der Waals surface area contributed by atoms with Crippen molar-refractivity contribution in [3.05, 3.63) is 59.7 Å². The molecule has 0 radical (unpaired) electrons. The number of hydrogen-bond donors (Lipinski definition) is 2. The van der Waals surface area contributed by atoms with Gasteiger partial charge in [0, 0.05) is 12.7 Å². The van der Waals surface area contributed by atoms with E-state index < -0.39 is 6.10 Å². The molecule has 0 spiro atoms. The standard InChI is InChI=1S/C22H27NO3/c1-16(24)19-6-5-7-20(14-19)17-8-10-18(11-9-17)21(25)23-22(15-26-2)12-3-4-13-22/h5-11,14,16,24H,3-4,12-13,15H2,1-2H3,(H,23,25)/t16-/m0/s1. The molecule has 1 saturated carbocycles. The number of amides is 1. The summed E-state index contributed by atoms with van der Waals surface area (Å²) >= 11 is 0. The van der Waals surface area contributed by atoms with Crippen molar-refractivity contribution in [2.24, 2.45) is 0 Å². The van der Waals surface area contributed by atoms with Crippen LogP contribution in [0.15, 0.2) is 48.5 Å². The Morgan fingerprint density at radius 2 is 1.85 bits per heavy atom. The second-order valence-corrected chi connectivity index (χ2v) is 7.25.